The highest BCUT2D eigenvalue weighted by Crippen LogP contribution is 2.41. The van der Waals surface area contributed by atoms with E-state index in [9.17, 15) is 23.2 Å². The SMILES string of the molecule is NC1=CC=CCC1Nc1ccc(C(=O)CN2C(=O)NC3(CCC(F)(F)CC3)C2=O)cc1. The number of nitrogens with zero attached hydrogens (tertiary/aromatic N) is 1. The van der Waals surface area contributed by atoms with Crippen LogP contribution in [0.3, 0.4) is 0 Å². The molecule has 31 heavy (non-hydrogen) atoms. The van der Waals surface area contributed by atoms with Crippen LogP contribution in [-0.4, -0.2) is 46.7 Å². The molecule has 3 aliphatic rings. The molecular formula is C22H24F2N4O3. The summed E-state index contributed by atoms with van der Waals surface area (Å²) in [5, 5.41) is 5.83. The van der Waals surface area contributed by atoms with Crippen LogP contribution in [0.25, 0.3) is 0 Å². The van der Waals surface area contributed by atoms with E-state index in [-0.39, 0.29) is 18.9 Å². The lowest BCUT2D eigenvalue weighted by Gasteiger charge is -2.34. The summed E-state index contributed by atoms with van der Waals surface area (Å²) in [6.45, 7) is -0.432. The van der Waals surface area contributed by atoms with Crippen molar-refractivity contribution in [3.05, 3.63) is 53.8 Å². The van der Waals surface area contributed by atoms with Crippen LogP contribution in [0.5, 0.6) is 0 Å². The second-order valence-electron chi connectivity index (χ2n) is 8.29. The molecule has 1 spiro atoms. The number of carbonyl (C=O) groups excluding carboxylic acids is 3. The number of hydrogen-bond donors (Lipinski definition) is 3. The fourth-order valence-electron chi connectivity index (χ4n) is 4.18. The van der Waals surface area contributed by atoms with E-state index in [1.807, 2.05) is 18.2 Å². The number of ketones is 1. The molecule has 1 heterocycles. The number of anilines is 1. The van der Waals surface area contributed by atoms with Crippen LogP contribution < -0.4 is 16.4 Å². The lowest BCUT2D eigenvalue weighted by molar-refractivity contribution is -0.135. The molecule has 9 heteroatoms. The number of carbonyl (C=O) groups is 3. The first-order chi connectivity index (χ1) is 14.7. The Morgan fingerprint density at radius 2 is 1.84 bits per heavy atom. The third-order valence-corrected chi connectivity index (χ3v) is 6.13. The summed E-state index contributed by atoms with van der Waals surface area (Å²) in [5.74, 6) is -3.84. The van der Waals surface area contributed by atoms with E-state index in [1.54, 1.807) is 24.3 Å². The zero-order valence-electron chi connectivity index (χ0n) is 16.9. The second-order valence-corrected chi connectivity index (χ2v) is 8.29. The molecule has 7 nitrogen and oxygen atoms in total. The van der Waals surface area contributed by atoms with Crippen molar-refractivity contribution >= 4 is 23.4 Å². The largest absolute Gasteiger partial charge is 0.400 e. The van der Waals surface area contributed by atoms with E-state index in [4.69, 9.17) is 5.73 Å². The van der Waals surface area contributed by atoms with Gasteiger partial charge in [0, 0.05) is 29.8 Å². The summed E-state index contributed by atoms with van der Waals surface area (Å²) >= 11 is 0. The van der Waals surface area contributed by atoms with E-state index in [0.717, 1.165) is 22.7 Å². The molecule has 1 saturated heterocycles. The fraction of sp³-hybridized carbons (Fsp3) is 0.409. The average Bonchev–Trinajstić information content (AvgIpc) is 2.97. The smallest absolute Gasteiger partial charge is 0.325 e. The molecule has 1 atom stereocenters. The predicted octanol–water partition coefficient (Wildman–Crippen LogP) is 2.95. The molecule has 1 aliphatic heterocycles. The van der Waals surface area contributed by atoms with Gasteiger partial charge in [0.1, 0.15) is 5.54 Å². The number of rotatable bonds is 5. The zero-order valence-corrected chi connectivity index (χ0v) is 16.9. The van der Waals surface area contributed by atoms with E-state index < -0.39 is 48.6 Å². The van der Waals surface area contributed by atoms with E-state index in [1.165, 1.54) is 0 Å². The molecule has 3 amide bonds. The van der Waals surface area contributed by atoms with Crippen LogP contribution in [0.4, 0.5) is 19.3 Å². The number of nitrogens with one attached hydrogen (secondary N) is 2. The molecule has 0 aromatic heterocycles. The Hall–Kier alpha value is -3.23. The molecule has 1 aromatic rings. The summed E-state index contributed by atoms with van der Waals surface area (Å²) < 4.78 is 27.0. The number of amides is 3. The Morgan fingerprint density at radius 3 is 2.48 bits per heavy atom. The van der Waals surface area contributed by atoms with Crippen LogP contribution in [0.1, 0.15) is 42.5 Å². The van der Waals surface area contributed by atoms with Crippen molar-refractivity contribution in [1.29, 1.82) is 0 Å². The summed E-state index contributed by atoms with van der Waals surface area (Å²) in [7, 11) is 0. The van der Waals surface area contributed by atoms with Gasteiger partial charge in [-0.15, -0.1) is 0 Å². The van der Waals surface area contributed by atoms with Gasteiger partial charge in [0.05, 0.1) is 12.6 Å². The first-order valence-electron chi connectivity index (χ1n) is 10.2. The molecule has 164 valence electrons. The second kappa shape index (κ2) is 7.79. The molecule has 1 unspecified atom stereocenters. The van der Waals surface area contributed by atoms with E-state index >= 15 is 0 Å². The highest BCUT2D eigenvalue weighted by molar-refractivity contribution is 6.11. The number of urea groups is 1. The van der Waals surface area contributed by atoms with Crippen molar-refractivity contribution in [3.8, 4) is 0 Å². The lowest BCUT2D eigenvalue weighted by atomic mass is 9.80. The number of halogens is 2. The standard InChI is InChI=1S/C22H24F2N4O3/c23-22(24)11-9-21(10-12-22)19(30)28(20(31)27-21)13-18(29)14-5-7-15(8-6-14)26-17-4-2-1-3-16(17)25/h1-3,5-8,17,26H,4,9-13,25H2,(H,27,31). The molecule has 2 aliphatic carbocycles. The molecular weight excluding hydrogens is 406 g/mol. The zero-order chi connectivity index (χ0) is 22.2. The van der Waals surface area contributed by atoms with Crippen molar-refractivity contribution in [1.82, 2.24) is 10.2 Å². The maximum atomic E-state index is 13.5. The van der Waals surface area contributed by atoms with Crippen molar-refractivity contribution in [3.63, 3.8) is 0 Å². The van der Waals surface area contributed by atoms with Crippen molar-refractivity contribution < 1.29 is 23.2 Å². The van der Waals surface area contributed by atoms with Gasteiger partial charge in [-0.25, -0.2) is 13.6 Å². The molecule has 2 fully saturated rings. The third-order valence-electron chi connectivity index (χ3n) is 6.13. The number of hydrogen-bond acceptors (Lipinski definition) is 5. The van der Waals surface area contributed by atoms with E-state index in [0.29, 0.717) is 5.56 Å². The number of alkyl halides is 2. The Bertz CT molecular complexity index is 961. The van der Waals surface area contributed by atoms with Gasteiger partial charge in [0.2, 0.25) is 5.92 Å². The normalized spacial score (nSPS) is 24.1. The van der Waals surface area contributed by atoms with E-state index in [2.05, 4.69) is 10.6 Å². The number of allylic oxidation sites excluding steroid dienone is 2. The molecule has 4 N–H and O–H groups in total. The number of benzene rings is 1. The summed E-state index contributed by atoms with van der Waals surface area (Å²) in [6.07, 6.45) is 5.28. The topological polar surface area (TPSA) is 105 Å². The van der Waals surface area contributed by atoms with Crippen LogP contribution in [0.2, 0.25) is 0 Å². The molecule has 1 aromatic carbocycles. The monoisotopic (exact) mass is 430 g/mol. The number of Topliss-reactive ketones (excluding diaryl/α,β-unsaturated/α-hetero) is 1. The number of nitrogens with two attached hydrogens (primary N) is 1. The van der Waals surface area contributed by atoms with Crippen LogP contribution >= 0.6 is 0 Å². The van der Waals surface area contributed by atoms with Gasteiger partial charge < -0.3 is 16.4 Å². The Morgan fingerprint density at radius 1 is 1.16 bits per heavy atom. The van der Waals surface area contributed by atoms with Crippen LogP contribution in [0, 0.1) is 0 Å². The maximum absolute atomic E-state index is 13.5. The lowest BCUT2D eigenvalue weighted by Crippen LogP contribution is -2.51. The van der Waals surface area contributed by atoms with Gasteiger partial charge >= 0.3 is 6.03 Å². The summed E-state index contributed by atoms with van der Waals surface area (Å²) in [5.41, 5.74) is 6.49. The Labute approximate surface area is 178 Å². The minimum atomic E-state index is -2.83. The van der Waals surface area contributed by atoms with Crippen molar-refractivity contribution in [2.24, 2.45) is 5.73 Å². The molecule has 4 rings (SSSR count). The predicted molar refractivity (Wildman–Crippen MR) is 111 cm³/mol. The van der Waals surface area contributed by atoms with Gasteiger partial charge in [0.15, 0.2) is 5.78 Å². The Balaban J connectivity index is 1.39. The molecule has 0 bridgehead atoms. The van der Waals surface area contributed by atoms with Gasteiger partial charge in [-0.1, -0.05) is 12.2 Å². The molecule has 1 saturated carbocycles. The Kier molecular flexibility index (Phi) is 5.28. The van der Waals surface area contributed by atoms with Crippen LogP contribution in [-0.2, 0) is 4.79 Å². The van der Waals surface area contributed by atoms with Crippen molar-refractivity contribution in [2.75, 3.05) is 11.9 Å². The quantitative estimate of drug-likeness (QED) is 0.492. The maximum Gasteiger partial charge on any atom is 0.325 e. The fourth-order valence-corrected chi connectivity index (χ4v) is 4.18. The highest BCUT2D eigenvalue weighted by atomic mass is 19.3. The van der Waals surface area contributed by atoms with Gasteiger partial charge in [0.25, 0.3) is 5.91 Å². The average molecular weight is 430 g/mol. The first-order valence-corrected chi connectivity index (χ1v) is 10.2. The minimum Gasteiger partial charge on any atom is -0.400 e. The van der Waals surface area contributed by atoms with Gasteiger partial charge in [-0.05, 0) is 49.6 Å². The van der Waals surface area contributed by atoms with Gasteiger partial charge in [-0.2, -0.15) is 0 Å². The summed E-state index contributed by atoms with van der Waals surface area (Å²) in [6, 6.07) is 5.94. The number of imide groups is 1. The third kappa shape index (κ3) is 4.17. The molecule has 0 radical (unpaired) electrons. The van der Waals surface area contributed by atoms with Crippen LogP contribution in [0.15, 0.2) is 48.2 Å². The van der Waals surface area contributed by atoms with Crippen molar-refractivity contribution in [2.45, 2.75) is 49.6 Å². The van der Waals surface area contributed by atoms with Gasteiger partial charge in [-0.3, -0.25) is 14.5 Å². The minimum absolute atomic E-state index is 0.0310. The highest BCUT2D eigenvalue weighted by Gasteiger charge is 2.55. The summed E-state index contributed by atoms with van der Waals surface area (Å²) in [4.78, 5) is 38.6. The first kappa shape index (κ1) is 21.0.